The normalized spacial score (nSPS) is 11.3. The van der Waals surface area contributed by atoms with Gasteiger partial charge in [-0.15, -0.1) is 0 Å². The molecule has 2 aromatic heterocycles. The highest BCUT2D eigenvalue weighted by Gasteiger charge is 2.13. The van der Waals surface area contributed by atoms with Gasteiger partial charge in [-0.2, -0.15) is 5.10 Å². The Hall–Kier alpha value is -2.08. The van der Waals surface area contributed by atoms with Crippen LogP contribution in [0.1, 0.15) is 26.3 Å². The number of urea groups is 1. The molecule has 6 nitrogen and oxygen atoms in total. The summed E-state index contributed by atoms with van der Waals surface area (Å²) < 4.78 is 1.81. The highest BCUT2D eigenvalue weighted by atomic mass is 35.5. The van der Waals surface area contributed by atoms with Gasteiger partial charge < -0.3 is 5.32 Å². The van der Waals surface area contributed by atoms with Crippen molar-refractivity contribution in [2.24, 2.45) is 5.41 Å². The maximum absolute atomic E-state index is 12.0. The Kier molecular flexibility index (Phi) is 4.71. The lowest BCUT2D eigenvalue weighted by molar-refractivity contribution is 0.262. The molecule has 118 valence electrons. The number of aromatic nitrogens is 3. The van der Waals surface area contributed by atoms with Crippen molar-refractivity contribution in [3.05, 3.63) is 35.2 Å². The summed E-state index contributed by atoms with van der Waals surface area (Å²) in [6, 6.07) is 3.00. The lowest BCUT2D eigenvalue weighted by atomic mass is 9.97. The number of aryl methyl sites for hydroxylation is 1. The van der Waals surface area contributed by atoms with Gasteiger partial charge in [0.1, 0.15) is 5.15 Å². The lowest BCUT2D eigenvalue weighted by Crippen LogP contribution is -2.21. The summed E-state index contributed by atoms with van der Waals surface area (Å²) in [7, 11) is 0. The predicted molar refractivity (Wildman–Crippen MR) is 88.3 cm³/mol. The van der Waals surface area contributed by atoms with Crippen molar-refractivity contribution in [2.45, 2.75) is 34.2 Å². The van der Waals surface area contributed by atoms with Crippen LogP contribution in [-0.4, -0.2) is 20.8 Å². The molecule has 0 aromatic carbocycles. The van der Waals surface area contributed by atoms with E-state index in [0.717, 1.165) is 12.1 Å². The van der Waals surface area contributed by atoms with Crippen LogP contribution in [0.25, 0.3) is 0 Å². The Morgan fingerprint density at radius 3 is 2.77 bits per heavy atom. The van der Waals surface area contributed by atoms with Crippen molar-refractivity contribution in [1.82, 2.24) is 14.8 Å². The monoisotopic (exact) mass is 321 g/mol. The standard InChI is InChI=1S/C15H20ClN5O/c1-10-8-17-12(16)7-11(10)18-14(22)19-13-5-6-21(20-13)9-15(2,3)4/h5-8H,9H2,1-4H3,(H2,17,18,19,20,22). The summed E-state index contributed by atoms with van der Waals surface area (Å²) in [5.74, 6) is 0.500. The quantitative estimate of drug-likeness (QED) is 0.841. The zero-order chi connectivity index (χ0) is 16.3. The van der Waals surface area contributed by atoms with E-state index >= 15 is 0 Å². The molecule has 0 spiro atoms. The molecule has 22 heavy (non-hydrogen) atoms. The second-order valence-corrected chi connectivity index (χ2v) is 6.75. The minimum Gasteiger partial charge on any atom is -0.307 e. The molecule has 0 radical (unpaired) electrons. The molecule has 2 aromatic rings. The molecule has 0 fully saturated rings. The average Bonchev–Trinajstić information content (AvgIpc) is 2.78. The summed E-state index contributed by atoms with van der Waals surface area (Å²) in [5.41, 5.74) is 1.57. The van der Waals surface area contributed by atoms with Crippen LogP contribution in [-0.2, 0) is 6.54 Å². The van der Waals surface area contributed by atoms with Gasteiger partial charge in [0.15, 0.2) is 5.82 Å². The van der Waals surface area contributed by atoms with Crippen molar-refractivity contribution in [1.29, 1.82) is 0 Å². The maximum atomic E-state index is 12.0. The number of hydrogen-bond donors (Lipinski definition) is 2. The van der Waals surface area contributed by atoms with Crippen LogP contribution in [0.3, 0.4) is 0 Å². The molecule has 2 heterocycles. The van der Waals surface area contributed by atoms with Crippen LogP contribution in [0.15, 0.2) is 24.5 Å². The molecule has 0 aliphatic heterocycles. The Morgan fingerprint density at radius 1 is 1.36 bits per heavy atom. The molecule has 2 rings (SSSR count). The van der Waals surface area contributed by atoms with Gasteiger partial charge in [0.25, 0.3) is 0 Å². The fourth-order valence-corrected chi connectivity index (χ4v) is 2.06. The number of hydrogen-bond acceptors (Lipinski definition) is 3. The van der Waals surface area contributed by atoms with Gasteiger partial charge in [0.2, 0.25) is 0 Å². The van der Waals surface area contributed by atoms with Crippen LogP contribution >= 0.6 is 11.6 Å². The number of nitrogens with zero attached hydrogens (tertiary/aromatic N) is 3. The van der Waals surface area contributed by atoms with Crippen molar-refractivity contribution in [3.8, 4) is 0 Å². The van der Waals surface area contributed by atoms with E-state index < -0.39 is 0 Å². The van der Waals surface area contributed by atoms with Gasteiger partial charge in [0.05, 0.1) is 0 Å². The second-order valence-electron chi connectivity index (χ2n) is 6.36. The molecule has 0 aliphatic rings. The molecule has 2 amide bonds. The average molecular weight is 322 g/mol. The van der Waals surface area contributed by atoms with Gasteiger partial charge in [-0.25, -0.2) is 9.78 Å². The fourth-order valence-electron chi connectivity index (χ4n) is 1.91. The largest absolute Gasteiger partial charge is 0.324 e. The molecular weight excluding hydrogens is 302 g/mol. The van der Waals surface area contributed by atoms with Crippen molar-refractivity contribution in [2.75, 3.05) is 10.6 Å². The Bertz CT molecular complexity index is 675. The third-order valence-corrected chi connectivity index (χ3v) is 3.04. The second kappa shape index (κ2) is 6.36. The number of amides is 2. The first-order valence-electron chi connectivity index (χ1n) is 6.96. The van der Waals surface area contributed by atoms with Crippen LogP contribution in [0.2, 0.25) is 5.15 Å². The Labute approximate surface area is 134 Å². The highest BCUT2D eigenvalue weighted by Crippen LogP contribution is 2.19. The fraction of sp³-hybridized carbons (Fsp3) is 0.400. The summed E-state index contributed by atoms with van der Waals surface area (Å²) >= 11 is 5.83. The summed E-state index contributed by atoms with van der Waals surface area (Å²) in [5, 5.41) is 10.1. The minimum atomic E-state index is -0.369. The van der Waals surface area contributed by atoms with Crippen LogP contribution in [0, 0.1) is 12.3 Å². The molecule has 0 atom stereocenters. The molecule has 0 saturated heterocycles. The van der Waals surface area contributed by atoms with Crippen LogP contribution in [0.4, 0.5) is 16.3 Å². The summed E-state index contributed by atoms with van der Waals surface area (Å²) in [4.78, 5) is 16.0. The van der Waals surface area contributed by atoms with E-state index in [4.69, 9.17) is 11.6 Å². The van der Waals surface area contributed by atoms with E-state index in [2.05, 4.69) is 41.5 Å². The van der Waals surface area contributed by atoms with E-state index in [0.29, 0.717) is 16.7 Å². The number of pyridine rings is 1. The SMILES string of the molecule is Cc1cnc(Cl)cc1NC(=O)Nc1ccn(CC(C)(C)C)n1. The van der Waals surface area contributed by atoms with Crippen molar-refractivity contribution >= 4 is 29.1 Å². The van der Waals surface area contributed by atoms with E-state index in [1.54, 1.807) is 18.3 Å². The zero-order valence-electron chi connectivity index (χ0n) is 13.1. The predicted octanol–water partition coefficient (Wildman–Crippen LogP) is 3.93. The first kappa shape index (κ1) is 16.3. The lowest BCUT2D eigenvalue weighted by Gasteiger charge is -2.17. The molecule has 0 saturated carbocycles. The molecule has 0 aliphatic carbocycles. The van der Waals surface area contributed by atoms with Gasteiger partial charge in [0, 0.05) is 30.7 Å². The summed E-state index contributed by atoms with van der Waals surface area (Å²) in [6.07, 6.45) is 3.45. The van der Waals surface area contributed by atoms with Gasteiger partial charge in [-0.3, -0.25) is 10.00 Å². The van der Waals surface area contributed by atoms with Gasteiger partial charge in [-0.05, 0) is 24.0 Å². The zero-order valence-corrected chi connectivity index (χ0v) is 13.9. The number of carbonyl (C=O) groups is 1. The minimum absolute atomic E-state index is 0.121. The number of halogens is 1. The maximum Gasteiger partial charge on any atom is 0.324 e. The summed E-state index contributed by atoms with van der Waals surface area (Å²) in [6.45, 7) is 9.01. The number of carbonyl (C=O) groups excluding carboxylic acids is 1. The van der Waals surface area contributed by atoms with Gasteiger partial charge in [-0.1, -0.05) is 32.4 Å². The number of nitrogens with one attached hydrogen (secondary N) is 2. The Morgan fingerprint density at radius 2 is 2.09 bits per heavy atom. The van der Waals surface area contributed by atoms with Crippen molar-refractivity contribution < 1.29 is 4.79 Å². The van der Waals surface area contributed by atoms with E-state index in [1.807, 2.05) is 17.8 Å². The first-order valence-corrected chi connectivity index (χ1v) is 7.34. The Balaban J connectivity index is 1.99. The van der Waals surface area contributed by atoms with E-state index in [1.165, 1.54) is 0 Å². The highest BCUT2D eigenvalue weighted by molar-refractivity contribution is 6.29. The third kappa shape index (κ3) is 4.73. The van der Waals surface area contributed by atoms with E-state index in [9.17, 15) is 4.79 Å². The molecular formula is C15H20ClN5O. The molecule has 0 bridgehead atoms. The van der Waals surface area contributed by atoms with Crippen LogP contribution < -0.4 is 10.6 Å². The topological polar surface area (TPSA) is 71.8 Å². The molecule has 7 heteroatoms. The smallest absolute Gasteiger partial charge is 0.307 e. The molecule has 0 unspecified atom stereocenters. The first-order chi connectivity index (χ1) is 10.2. The van der Waals surface area contributed by atoms with Gasteiger partial charge >= 0.3 is 6.03 Å². The third-order valence-electron chi connectivity index (χ3n) is 2.84. The number of rotatable bonds is 3. The number of anilines is 2. The molecule has 2 N–H and O–H groups in total. The van der Waals surface area contributed by atoms with Crippen LogP contribution in [0.5, 0.6) is 0 Å². The van der Waals surface area contributed by atoms with E-state index in [-0.39, 0.29) is 11.4 Å². The van der Waals surface area contributed by atoms with Crippen molar-refractivity contribution in [3.63, 3.8) is 0 Å².